The molecule has 1 amide bonds. The predicted molar refractivity (Wildman–Crippen MR) is 91.3 cm³/mol. The number of carbonyl (C=O) groups is 1. The van der Waals surface area contributed by atoms with E-state index in [1.54, 1.807) is 58.2 Å². The molecular formula is C18H27F3N2O2. The summed E-state index contributed by atoms with van der Waals surface area (Å²) in [5.41, 5.74) is 0.0228. The normalized spacial score (nSPS) is 13.4. The maximum absolute atomic E-state index is 12.8. The summed E-state index contributed by atoms with van der Waals surface area (Å²) in [6, 6.07) is 7.76. The van der Waals surface area contributed by atoms with Gasteiger partial charge in [0.1, 0.15) is 5.60 Å². The predicted octanol–water partition coefficient (Wildman–Crippen LogP) is 4.53. The Morgan fingerprint density at radius 2 is 1.80 bits per heavy atom. The number of hydrogen-bond acceptors (Lipinski definition) is 3. The molecule has 25 heavy (non-hydrogen) atoms. The van der Waals surface area contributed by atoms with E-state index in [4.69, 9.17) is 4.74 Å². The Hall–Kier alpha value is -1.76. The second kappa shape index (κ2) is 9.08. The van der Waals surface area contributed by atoms with Crippen LogP contribution in [0.1, 0.15) is 45.2 Å². The lowest BCUT2D eigenvalue weighted by atomic mass is 10.0. The monoisotopic (exact) mass is 360 g/mol. The molecule has 0 aliphatic carbocycles. The highest BCUT2D eigenvalue weighted by atomic mass is 19.4. The van der Waals surface area contributed by atoms with E-state index in [0.717, 1.165) is 0 Å². The third-order valence-electron chi connectivity index (χ3n) is 3.40. The summed E-state index contributed by atoms with van der Waals surface area (Å²) in [6.07, 6.45) is -5.10. The molecule has 1 unspecified atom stereocenters. The average molecular weight is 360 g/mol. The zero-order chi connectivity index (χ0) is 19.1. The quantitative estimate of drug-likeness (QED) is 0.727. The van der Waals surface area contributed by atoms with Crippen molar-refractivity contribution in [3.63, 3.8) is 0 Å². The van der Waals surface area contributed by atoms with Crippen molar-refractivity contribution >= 4 is 6.09 Å². The molecule has 1 N–H and O–H groups in total. The van der Waals surface area contributed by atoms with Gasteiger partial charge in [-0.25, -0.2) is 4.79 Å². The fourth-order valence-electron chi connectivity index (χ4n) is 2.25. The van der Waals surface area contributed by atoms with Crippen molar-refractivity contribution < 1.29 is 22.7 Å². The molecule has 0 aliphatic heterocycles. The zero-order valence-electron chi connectivity index (χ0n) is 15.2. The highest BCUT2D eigenvalue weighted by Gasteiger charge is 2.32. The van der Waals surface area contributed by atoms with Crippen molar-refractivity contribution in [1.82, 2.24) is 10.2 Å². The van der Waals surface area contributed by atoms with Crippen LogP contribution in [0.4, 0.5) is 18.0 Å². The second-order valence-electron chi connectivity index (χ2n) is 6.99. The van der Waals surface area contributed by atoms with Gasteiger partial charge in [0.2, 0.25) is 0 Å². The van der Waals surface area contributed by atoms with Crippen LogP contribution in [-0.4, -0.2) is 42.9 Å². The number of benzene rings is 1. The van der Waals surface area contributed by atoms with E-state index >= 15 is 0 Å². The fourth-order valence-corrected chi connectivity index (χ4v) is 2.25. The second-order valence-corrected chi connectivity index (χ2v) is 6.99. The van der Waals surface area contributed by atoms with Gasteiger partial charge in [-0.05, 0) is 39.3 Å². The van der Waals surface area contributed by atoms with Crippen LogP contribution in [0, 0.1) is 0 Å². The molecule has 1 aromatic carbocycles. The molecule has 0 aromatic heterocycles. The first-order valence-corrected chi connectivity index (χ1v) is 8.27. The van der Waals surface area contributed by atoms with Gasteiger partial charge < -0.3 is 15.0 Å². The van der Waals surface area contributed by atoms with Crippen LogP contribution < -0.4 is 5.32 Å². The van der Waals surface area contributed by atoms with Crippen molar-refractivity contribution in [2.45, 2.75) is 51.4 Å². The molecule has 0 saturated carbocycles. The Bertz CT molecular complexity index is 527. The van der Waals surface area contributed by atoms with Crippen LogP contribution >= 0.6 is 0 Å². The minimum atomic E-state index is -4.25. The minimum absolute atomic E-state index is 0.364. The summed E-state index contributed by atoms with van der Waals surface area (Å²) in [5.74, 6) is 0. The van der Waals surface area contributed by atoms with Gasteiger partial charge in [0.05, 0.1) is 6.42 Å². The van der Waals surface area contributed by atoms with E-state index in [0.29, 0.717) is 25.1 Å². The lowest BCUT2D eigenvalue weighted by Crippen LogP contribution is -2.36. The summed E-state index contributed by atoms with van der Waals surface area (Å²) in [5, 5.41) is 2.94. The summed E-state index contributed by atoms with van der Waals surface area (Å²) in [6.45, 7) is 6.10. The highest BCUT2D eigenvalue weighted by Crippen LogP contribution is 2.29. The number of ether oxygens (including phenoxy) is 1. The molecule has 0 fully saturated rings. The molecule has 0 radical (unpaired) electrons. The third kappa shape index (κ3) is 9.34. The number of amides is 1. The largest absolute Gasteiger partial charge is 0.444 e. The molecule has 7 heteroatoms. The number of rotatable bonds is 7. The van der Waals surface area contributed by atoms with Gasteiger partial charge in [-0.1, -0.05) is 30.3 Å². The van der Waals surface area contributed by atoms with Crippen LogP contribution in [-0.2, 0) is 4.74 Å². The third-order valence-corrected chi connectivity index (χ3v) is 3.40. The summed E-state index contributed by atoms with van der Waals surface area (Å²) in [7, 11) is 1.61. The van der Waals surface area contributed by atoms with Gasteiger partial charge in [0.15, 0.2) is 0 Å². The molecule has 1 atom stereocenters. The van der Waals surface area contributed by atoms with E-state index in [1.807, 2.05) is 0 Å². The number of carbonyl (C=O) groups excluding carboxylic acids is 1. The zero-order valence-corrected chi connectivity index (χ0v) is 15.2. The SMILES string of the molecule is CN(CCCNC(CC(F)(F)F)c1ccccc1)C(=O)OC(C)(C)C. The Morgan fingerprint density at radius 1 is 1.20 bits per heavy atom. The molecule has 0 heterocycles. The molecule has 0 spiro atoms. The van der Waals surface area contributed by atoms with Gasteiger partial charge in [0, 0.05) is 19.6 Å². The Labute approximate surface area is 147 Å². The first-order valence-electron chi connectivity index (χ1n) is 8.27. The van der Waals surface area contributed by atoms with Gasteiger partial charge in [-0.15, -0.1) is 0 Å². The summed E-state index contributed by atoms with van der Waals surface area (Å²) >= 11 is 0. The lowest BCUT2D eigenvalue weighted by molar-refractivity contribution is -0.140. The van der Waals surface area contributed by atoms with Gasteiger partial charge in [-0.3, -0.25) is 0 Å². The van der Waals surface area contributed by atoms with Crippen molar-refractivity contribution in [2.24, 2.45) is 0 Å². The number of alkyl halides is 3. The summed E-state index contributed by atoms with van der Waals surface area (Å²) < 4.78 is 43.6. The molecular weight excluding hydrogens is 333 g/mol. The number of hydrogen-bond donors (Lipinski definition) is 1. The van der Waals surface area contributed by atoms with Crippen LogP contribution in [0.2, 0.25) is 0 Å². The Balaban J connectivity index is 2.48. The number of nitrogens with zero attached hydrogens (tertiary/aromatic N) is 1. The number of nitrogens with one attached hydrogen (secondary N) is 1. The van der Waals surface area contributed by atoms with Crippen molar-refractivity contribution in [2.75, 3.05) is 20.1 Å². The molecule has 142 valence electrons. The van der Waals surface area contributed by atoms with E-state index < -0.39 is 30.3 Å². The maximum atomic E-state index is 12.8. The molecule has 0 aliphatic rings. The van der Waals surface area contributed by atoms with Crippen molar-refractivity contribution in [3.05, 3.63) is 35.9 Å². The van der Waals surface area contributed by atoms with Gasteiger partial charge >= 0.3 is 12.3 Å². The first-order chi connectivity index (χ1) is 11.5. The molecule has 0 saturated heterocycles. The Kier molecular flexibility index (Phi) is 7.73. The molecule has 0 bridgehead atoms. The standard InChI is InChI=1S/C18H27F3N2O2/c1-17(2,3)25-16(24)23(4)12-8-11-22-15(13-18(19,20)21)14-9-6-5-7-10-14/h5-7,9-10,15,22H,8,11-13H2,1-4H3. The van der Waals surface area contributed by atoms with E-state index in [1.165, 1.54) is 4.90 Å². The van der Waals surface area contributed by atoms with E-state index in [9.17, 15) is 18.0 Å². The smallest absolute Gasteiger partial charge is 0.410 e. The molecule has 1 aromatic rings. The van der Waals surface area contributed by atoms with E-state index in [2.05, 4.69) is 5.32 Å². The van der Waals surface area contributed by atoms with Gasteiger partial charge in [-0.2, -0.15) is 13.2 Å². The van der Waals surface area contributed by atoms with E-state index in [-0.39, 0.29) is 0 Å². The topological polar surface area (TPSA) is 41.6 Å². The van der Waals surface area contributed by atoms with Crippen LogP contribution in [0.5, 0.6) is 0 Å². The first kappa shape index (κ1) is 21.3. The fraction of sp³-hybridized carbons (Fsp3) is 0.611. The van der Waals surface area contributed by atoms with Crippen LogP contribution in [0.25, 0.3) is 0 Å². The van der Waals surface area contributed by atoms with Crippen molar-refractivity contribution in [1.29, 1.82) is 0 Å². The molecule has 4 nitrogen and oxygen atoms in total. The summed E-state index contributed by atoms with van der Waals surface area (Å²) in [4.78, 5) is 13.3. The van der Waals surface area contributed by atoms with Crippen LogP contribution in [0.15, 0.2) is 30.3 Å². The minimum Gasteiger partial charge on any atom is -0.444 e. The number of halogens is 3. The van der Waals surface area contributed by atoms with Crippen LogP contribution in [0.3, 0.4) is 0 Å². The highest BCUT2D eigenvalue weighted by molar-refractivity contribution is 5.67. The maximum Gasteiger partial charge on any atom is 0.410 e. The lowest BCUT2D eigenvalue weighted by Gasteiger charge is -2.25. The van der Waals surface area contributed by atoms with Crippen molar-refractivity contribution in [3.8, 4) is 0 Å². The van der Waals surface area contributed by atoms with Gasteiger partial charge in [0.25, 0.3) is 0 Å². The molecule has 1 rings (SSSR count). The Morgan fingerprint density at radius 3 is 2.32 bits per heavy atom. The average Bonchev–Trinajstić information content (AvgIpc) is 2.48.